The van der Waals surface area contributed by atoms with Crippen molar-refractivity contribution in [1.82, 2.24) is 24.5 Å². The largest absolute Gasteiger partial charge is 0.419 e. The maximum atomic E-state index is 14.8. The van der Waals surface area contributed by atoms with E-state index in [9.17, 15) is 45.3 Å². The van der Waals surface area contributed by atoms with Gasteiger partial charge in [-0.3, -0.25) is 4.68 Å². The van der Waals surface area contributed by atoms with Crippen LogP contribution in [0.3, 0.4) is 0 Å². The fourth-order valence-corrected chi connectivity index (χ4v) is 5.73. The number of aryl methyl sites for hydroxylation is 1. The van der Waals surface area contributed by atoms with Crippen molar-refractivity contribution in [3.05, 3.63) is 82.2 Å². The third kappa shape index (κ3) is 5.45. The Kier molecular flexibility index (Phi) is 7.67. The molecule has 6 atom stereocenters. The number of aliphatic hydroxyl groups excluding tert-OH is 2. The lowest BCUT2D eigenvalue weighted by Crippen LogP contribution is -2.52. The second-order valence-electron chi connectivity index (χ2n) is 10.5. The van der Waals surface area contributed by atoms with Crippen molar-refractivity contribution < 1.29 is 54.8 Å². The lowest BCUT2D eigenvalue weighted by Gasteiger charge is -2.41. The summed E-state index contributed by atoms with van der Waals surface area (Å²) in [7, 11) is 0. The molecule has 4 heterocycles. The van der Waals surface area contributed by atoms with Crippen molar-refractivity contribution >= 4 is 11.6 Å². The Bertz CT molecular complexity index is 1760. The molecule has 18 heteroatoms. The second kappa shape index (κ2) is 11.0. The molecule has 0 saturated carbocycles. The molecular weight excluding hydrogens is 646 g/mol. The normalized spacial score (nSPS) is 25.5. The van der Waals surface area contributed by atoms with Gasteiger partial charge in [0.25, 0.3) is 0 Å². The maximum Gasteiger partial charge on any atom is 0.419 e. The van der Waals surface area contributed by atoms with Crippen LogP contribution in [-0.4, -0.2) is 65.8 Å². The van der Waals surface area contributed by atoms with Crippen molar-refractivity contribution in [3.8, 4) is 16.8 Å². The molecule has 2 aromatic heterocycles. The van der Waals surface area contributed by atoms with Crippen molar-refractivity contribution in [3.63, 3.8) is 0 Å². The van der Waals surface area contributed by atoms with Crippen molar-refractivity contribution in [1.29, 1.82) is 0 Å². The van der Waals surface area contributed by atoms with Gasteiger partial charge in [-0.05, 0) is 31.2 Å². The Morgan fingerprint density at radius 2 is 1.64 bits per heavy atom. The van der Waals surface area contributed by atoms with Gasteiger partial charge < -0.3 is 19.7 Å². The van der Waals surface area contributed by atoms with Gasteiger partial charge in [0.15, 0.2) is 17.5 Å². The average Bonchev–Trinajstić information content (AvgIpc) is 3.67. The summed E-state index contributed by atoms with van der Waals surface area (Å²) in [6.45, 7) is 1.12. The standard InChI is InChI=1S/C27H20ClF8N5O4/c1-10-38-25(41(39-10)16-6-12(28)2-4-14(16)26(31,32)33)24-21(43)20(23-22(45-24)17(42)9-44-23)40-8-11(7-37-40)13-3-5-15(27(34,35)36)19(30)18(13)29/h2-8,17,20-24,42-43H,9H2,1H3/t17?,20?,21?,22?,23-,24-/m1/s1. The van der Waals surface area contributed by atoms with Gasteiger partial charge in [0, 0.05) is 22.3 Å². The van der Waals surface area contributed by atoms with Crippen molar-refractivity contribution in [2.24, 2.45) is 0 Å². The number of alkyl halides is 6. The molecule has 4 aromatic rings. The van der Waals surface area contributed by atoms with Gasteiger partial charge >= 0.3 is 12.4 Å². The second-order valence-corrected chi connectivity index (χ2v) is 10.9. The highest BCUT2D eigenvalue weighted by Crippen LogP contribution is 2.44. The number of aromatic nitrogens is 5. The smallest absolute Gasteiger partial charge is 0.388 e. The van der Waals surface area contributed by atoms with E-state index in [4.69, 9.17) is 21.1 Å². The zero-order valence-electron chi connectivity index (χ0n) is 22.6. The van der Waals surface area contributed by atoms with Crippen molar-refractivity contribution in [2.45, 2.75) is 55.8 Å². The first-order valence-electron chi connectivity index (χ1n) is 13.1. The first kappa shape index (κ1) is 31.3. The number of hydrogen-bond donors (Lipinski definition) is 2. The third-order valence-corrected chi connectivity index (χ3v) is 7.79. The summed E-state index contributed by atoms with van der Waals surface area (Å²) in [6.07, 6.45) is -14.7. The lowest BCUT2D eigenvalue weighted by atomic mass is 9.91. The minimum atomic E-state index is -5.14. The van der Waals surface area contributed by atoms with Crippen LogP contribution in [0.5, 0.6) is 0 Å². The molecule has 45 heavy (non-hydrogen) atoms. The summed E-state index contributed by atoms with van der Waals surface area (Å²) in [4.78, 5) is 4.20. The first-order chi connectivity index (χ1) is 21.1. The zero-order valence-corrected chi connectivity index (χ0v) is 23.3. The SMILES string of the molecule is Cc1nc([C@@H]2OC3C(O)CO[C@@H]3C(n3cc(-c4ccc(C(F)(F)F)c(F)c4F)cn3)C2O)n(-c2cc(Cl)ccc2C(F)(F)F)n1. The lowest BCUT2D eigenvalue weighted by molar-refractivity contribution is -0.196. The molecule has 2 saturated heterocycles. The Morgan fingerprint density at radius 3 is 2.33 bits per heavy atom. The van der Waals surface area contributed by atoms with E-state index in [0.717, 1.165) is 46.0 Å². The fourth-order valence-electron chi connectivity index (χ4n) is 5.57. The number of benzene rings is 2. The Balaban J connectivity index is 1.42. The van der Waals surface area contributed by atoms with Crippen LogP contribution in [0.15, 0.2) is 42.7 Å². The molecule has 2 fully saturated rings. The topological polar surface area (TPSA) is 107 Å². The Morgan fingerprint density at radius 1 is 0.956 bits per heavy atom. The van der Waals surface area contributed by atoms with E-state index < -0.39 is 82.9 Å². The van der Waals surface area contributed by atoms with Crippen LogP contribution in [0.25, 0.3) is 16.8 Å². The number of rotatable bonds is 4. The molecule has 2 aliphatic heterocycles. The first-order valence-corrected chi connectivity index (χ1v) is 13.5. The van der Waals surface area contributed by atoms with Gasteiger partial charge in [-0.2, -0.15) is 36.5 Å². The zero-order chi connectivity index (χ0) is 32.6. The number of aliphatic hydroxyl groups is 2. The summed E-state index contributed by atoms with van der Waals surface area (Å²) < 4.78 is 124. The molecule has 240 valence electrons. The highest BCUT2D eigenvalue weighted by Gasteiger charge is 2.55. The molecule has 2 aromatic carbocycles. The van der Waals surface area contributed by atoms with Crippen LogP contribution < -0.4 is 0 Å². The number of halogens is 9. The predicted octanol–water partition coefficient (Wildman–Crippen LogP) is 5.21. The summed E-state index contributed by atoms with van der Waals surface area (Å²) in [5.74, 6) is -4.20. The van der Waals surface area contributed by atoms with E-state index in [2.05, 4.69) is 15.2 Å². The summed E-state index contributed by atoms with van der Waals surface area (Å²) in [5, 5.41) is 30.3. The Hall–Kier alpha value is -3.64. The monoisotopic (exact) mass is 665 g/mol. The maximum absolute atomic E-state index is 14.8. The van der Waals surface area contributed by atoms with E-state index in [1.807, 2.05) is 0 Å². The molecule has 2 N–H and O–H groups in total. The Labute approximate surface area is 252 Å². The van der Waals surface area contributed by atoms with Crippen LogP contribution in [0, 0.1) is 18.6 Å². The third-order valence-electron chi connectivity index (χ3n) is 7.55. The summed E-state index contributed by atoms with van der Waals surface area (Å²) >= 11 is 6.01. The van der Waals surface area contributed by atoms with Gasteiger partial charge in [0.2, 0.25) is 0 Å². The van der Waals surface area contributed by atoms with Crippen LogP contribution in [0.2, 0.25) is 5.02 Å². The summed E-state index contributed by atoms with van der Waals surface area (Å²) in [5.41, 5.74) is -4.18. The highest BCUT2D eigenvalue weighted by atomic mass is 35.5. The van der Waals surface area contributed by atoms with Gasteiger partial charge in [-0.15, -0.1) is 0 Å². The van der Waals surface area contributed by atoms with Crippen LogP contribution >= 0.6 is 11.6 Å². The van der Waals surface area contributed by atoms with E-state index in [-0.39, 0.29) is 28.8 Å². The molecule has 0 spiro atoms. The number of hydrogen-bond acceptors (Lipinski definition) is 7. The molecule has 0 radical (unpaired) electrons. The van der Waals surface area contributed by atoms with Crippen LogP contribution in [0.1, 0.15) is 34.9 Å². The van der Waals surface area contributed by atoms with E-state index >= 15 is 0 Å². The van der Waals surface area contributed by atoms with Gasteiger partial charge in [0.1, 0.15) is 42.4 Å². The van der Waals surface area contributed by atoms with E-state index in [1.165, 1.54) is 6.92 Å². The van der Waals surface area contributed by atoms with Crippen LogP contribution in [-0.2, 0) is 21.8 Å². The van der Waals surface area contributed by atoms with E-state index in [0.29, 0.717) is 6.07 Å². The molecular formula is C27H20ClF8N5O4. The van der Waals surface area contributed by atoms with Gasteiger partial charge in [-0.25, -0.2) is 18.4 Å². The molecule has 9 nitrogen and oxygen atoms in total. The quantitative estimate of drug-likeness (QED) is 0.288. The van der Waals surface area contributed by atoms with Crippen LogP contribution in [0.4, 0.5) is 35.1 Å². The molecule has 0 bridgehead atoms. The number of fused-ring (bicyclic) bond motifs is 1. The molecule has 6 rings (SSSR count). The molecule has 0 amide bonds. The van der Waals surface area contributed by atoms with Gasteiger partial charge in [-0.1, -0.05) is 17.7 Å². The fraction of sp³-hybridized carbons (Fsp3) is 0.370. The minimum Gasteiger partial charge on any atom is -0.388 e. The van der Waals surface area contributed by atoms with Crippen molar-refractivity contribution in [2.75, 3.05) is 6.61 Å². The van der Waals surface area contributed by atoms with E-state index in [1.54, 1.807) is 0 Å². The molecule has 2 aliphatic rings. The predicted molar refractivity (Wildman–Crippen MR) is 137 cm³/mol. The van der Waals surface area contributed by atoms with Gasteiger partial charge in [0.05, 0.1) is 29.6 Å². The summed E-state index contributed by atoms with van der Waals surface area (Å²) in [6, 6.07) is 2.61. The molecule has 4 unspecified atom stereocenters. The average molecular weight is 666 g/mol. The highest BCUT2D eigenvalue weighted by molar-refractivity contribution is 6.30. The minimum absolute atomic E-state index is 0.00280. The molecule has 0 aliphatic carbocycles. The number of ether oxygens (including phenoxy) is 2. The number of nitrogens with zero attached hydrogens (tertiary/aromatic N) is 5.